The zero-order chi connectivity index (χ0) is 16.2. The Morgan fingerprint density at radius 2 is 1.71 bits per heavy atom. The van der Waals surface area contributed by atoms with Crippen LogP contribution in [0.15, 0.2) is 25.6 Å². The van der Waals surface area contributed by atoms with E-state index in [1.807, 2.05) is 19.1 Å². The van der Waals surface area contributed by atoms with E-state index in [0.29, 0.717) is 6.61 Å². The molecule has 0 radical (unpaired) electrons. The molecule has 0 aliphatic carbocycles. The standard InChI is InChI=1S/C13H15Br5O3/c1-7(19)5-20-8(2)6-21-13(17,18)9-3-4-10(14)12(16)11(9)15/h3-4,7-8,19H,5-6H2,1-2H3. The highest BCUT2D eigenvalue weighted by atomic mass is 79.9. The van der Waals surface area contributed by atoms with Crippen molar-refractivity contribution in [3.63, 3.8) is 0 Å². The van der Waals surface area contributed by atoms with Gasteiger partial charge >= 0.3 is 0 Å². The van der Waals surface area contributed by atoms with Crippen molar-refractivity contribution in [2.24, 2.45) is 0 Å². The third kappa shape index (κ3) is 6.49. The van der Waals surface area contributed by atoms with E-state index in [1.54, 1.807) is 6.92 Å². The molecule has 8 heteroatoms. The lowest BCUT2D eigenvalue weighted by molar-refractivity contribution is -0.0453. The maximum absolute atomic E-state index is 9.20. The summed E-state index contributed by atoms with van der Waals surface area (Å²) in [6.45, 7) is 4.23. The predicted molar refractivity (Wildman–Crippen MR) is 102 cm³/mol. The van der Waals surface area contributed by atoms with Gasteiger partial charge in [0.15, 0.2) is 0 Å². The largest absolute Gasteiger partial charge is 0.391 e. The van der Waals surface area contributed by atoms with Gasteiger partial charge in [-0.05, 0) is 99.6 Å². The fourth-order valence-electron chi connectivity index (χ4n) is 1.40. The Bertz CT molecular complexity index is 479. The zero-order valence-electron chi connectivity index (χ0n) is 11.4. The van der Waals surface area contributed by atoms with Crippen LogP contribution in [0.1, 0.15) is 19.4 Å². The van der Waals surface area contributed by atoms with Crippen LogP contribution in [-0.4, -0.2) is 30.5 Å². The number of alkyl halides is 2. The topological polar surface area (TPSA) is 38.7 Å². The minimum atomic E-state index is -0.829. The summed E-state index contributed by atoms with van der Waals surface area (Å²) in [6.07, 6.45) is -0.617. The van der Waals surface area contributed by atoms with E-state index in [0.717, 1.165) is 19.0 Å². The molecule has 0 aliphatic heterocycles. The summed E-state index contributed by atoms with van der Waals surface area (Å²) in [4.78, 5) is 0. The molecular formula is C13H15Br5O3. The van der Waals surface area contributed by atoms with Gasteiger partial charge in [-0.25, -0.2) is 0 Å². The highest BCUT2D eigenvalue weighted by Crippen LogP contribution is 2.46. The minimum absolute atomic E-state index is 0.133. The molecule has 0 aromatic heterocycles. The van der Waals surface area contributed by atoms with Crippen LogP contribution in [0.3, 0.4) is 0 Å². The summed E-state index contributed by atoms with van der Waals surface area (Å²) in [5, 5.41) is 9.20. The van der Waals surface area contributed by atoms with E-state index in [2.05, 4.69) is 79.6 Å². The van der Waals surface area contributed by atoms with Gasteiger partial charge in [0.2, 0.25) is 3.42 Å². The van der Waals surface area contributed by atoms with Crippen LogP contribution in [0.2, 0.25) is 0 Å². The second-order valence-corrected chi connectivity index (χ2v) is 10.3. The third-order valence-corrected chi connectivity index (χ3v) is 7.15. The summed E-state index contributed by atoms with van der Waals surface area (Å²) >= 11 is 17.6. The Hall–Kier alpha value is 1.50. The van der Waals surface area contributed by atoms with Crippen LogP contribution in [0.4, 0.5) is 0 Å². The van der Waals surface area contributed by atoms with E-state index in [4.69, 9.17) is 9.47 Å². The molecule has 120 valence electrons. The van der Waals surface area contributed by atoms with Crippen LogP contribution in [-0.2, 0) is 12.9 Å². The lowest BCUT2D eigenvalue weighted by atomic mass is 10.2. The second-order valence-electron chi connectivity index (χ2n) is 4.54. The normalized spacial score (nSPS) is 15.0. The molecule has 0 aliphatic rings. The Kier molecular flexibility index (Phi) is 8.91. The first-order chi connectivity index (χ1) is 9.65. The van der Waals surface area contributed by atoms with Crippen LogP contribution >= 0.6 is 79.6 Å². The van der Waals surface area contributed by atoms with E-state index in [9.17, 15) is 5.11 Å². The maximum atomic E-state index is 9.20. The van der Waals surface area contributed by atoms with Crippen LogP contribution < -0.4 is 0 Å². The number of aliphatic hydroxyl groups excluding tert-OH is 1. The molecule has 1 rings (SSSR count). The average Bonchev–Trinajstić information content (AvgIpc) is 2.40. The second kappa shape index (κ2) is 9.11. The average molecular weight is 619 g/mol. The van der Waals surface area contributed by atoms with Gasteiger partial charge in [0, 0.05) is 19.0 Å². The molecule has 21 heavy (non-hydrogen) atoms. The molecule has 2 atom stereocenters. The van der Waals surface area contributed by atoms with Gasteiger partial charge in [0.05, 0.1) is 25.4 Å². The zero-order valence-corrected chi connectivity index (χ0v) is 19.3. The first-order valence-corrected chi connectivity index (χ1v) is 10.1. The summed E-state index contributed by atoms with van der Waals surface area (Å²) in [5.41, 5.74) is 0.889. The molecule has 0 amide bonds. The molecule has 0 spiro atoms. The van der Waals surface area contributed by atoms with Crippen molar-refractivity contribution in [2.45, 2.75) is 29.5 Å². The Balaban J connectivity index is 2.71. The molecule has 0 saturated carbocycles. The number of ether oxygens (including phenoxy) is 2. The Labute approximate surface area is 166 Å². The Morgan fingerprint density at radius 3 is 2.29 bits per heavy atom. The first kappa shape index (κ1) is 20.5. The van der Waals surface area contributed by atoms with E-state index >= 15 is 0 Å². The molecule has 3 nitrogen and oxygen atoms in total. The number of rotatable bonds is 7. The maximum Gasteiger partial charge on any atom is 0.204 e. The van der Waals surface area contributed by atoms with Gasteiger partial charge in [-0.15, -0.1) is 0 Å². The molecule has 1 N–H and O–H groups in total. The number of halogens is 5. The van der Waals surface area contributed by atoms with E-state index in [1.165, 1.54) is 0 Å². The van der Waals surface area contributed by atoms with Gasteiger partial charge in [-0.1, -0.05) is 6.07 Å². The Morgan fingerprint density at radius 1 is 1.10 bits per heavy atom. The van der Waals surface area contributed by atoms with Crippen molar-refractivity contribution < 1.29 is 14.6 Å². The van der Waals surface area contributed by atoms with Gasteiger partial charge in [0.25, 0.3) is 0 Å². The molecule has 0 heterocycles. The van der Waals surface area contributed by atoms with Crippen molar-refractivity contribution in [2.75, 3.05) is 13.2 Å². The number of aliphatic hydroxyl groups is 1. The van der Waals surface area contributed by atoms with Crippen molar-refractivity contribution in [3.05, 3.63) is 31.1 Å². The predicted octanol–water partition coefficient (Wildman–Crippen LogP) is 5.68. The highest BCUT2D eigenvalue weighted by molar-refractivity contribution is 9.24. The van der Waals surface area contributed by atoms with Gasteiger partial charge in [0.1, 0.15) is 0 Å². The number of hydrogen-bond donors (Lipinski definition) is 1. The van der Waals surface area contributed by atoms with Gasteiger partial charge in [-0.2, -0.15) is 0 Å². The molecule has 1 aromatic rings. The summed E-state index contributed by atoms with van der Waals surface area (Å²) in [7, 11) is 0. The van der Waals surface area contributed by atoms with Crippen molar-refractivity contribution in [3.8, 4) is 0 Å². The van der Waals surface area contributed by atoms with Crippen molar-refractivity contribution >= 4 is 79.6 Å². The fraction of sp³-hybridized carbons (Fsp3) is 0.538. The van der Waals surface area contributed by atoms with Crippen molar-refractivity contribution in [1.29, 1.82) is 0 Å². The van der Waals surface area contributed by atoms with Gasteiger partial charge < -0.3 is 14.6 Å². The van der Waals surface area contributed by atoms with Crippen molar-refractivity contribution in [1.82, 2.24) is 0 Å². The van der Waals surface area contributed by atoms with Gasteiger partial charge in [-0.3, -0.25) is 0 Å². The van der Waals surface area contributed by atoms with Crippen LogP contribution in [0.25, 0.3) is 0 Å². The quantitative estimate of drug-likeness (QED) is 0.316. The molecule has 2 unspecified atom stereocenters. The van der Waals surface area contributed by atoms with Crippen LogP contribution in [0.5, 0.6) is 0 Å². The monoisotopic (exact) mass is 614 g/mol. The summed E-state index contributed by atoms with van der Waals surface area (Å²) in [5.74, 6) is 0. The molecule has 0 fully saturated rings. The summed E-state index contributed by atoms with van der Waals surface area (Å²) < 4.78 is 13.2. The SMILES string of the molecule is CC(O)COC(C)COC(Br)(Br)c1ccc(Br)c(Br)c1Br. The fourth-order valence-corrected chi connectivity index (χ4v) is 4.43. The lowest BCUT2D eigenvalue weighted by Crippen LogP contribution is -2.25. The number of benzene rings is 1. The van der Waals surface area contributed by atoms with E-state index in [-0.39, 0.29) is 12.7 Å². The summed E-state index contributed by atoms with van der Waals surface area (Å²) in [6, 6.07) is 3.86. The molecule has 0 bridgehead atoms. The smallest absolute Gasteiger partial charge is 0.204 e. The molecular weight excluding hydrogens is 604 g/mol. The molecule has 1 aromatic carbocycles. The highest BCUT2D eigenvalue weighted by Gasteiger charge is 2.30. The number of hydrogen-bond acceptors (Lipinski definition) is 3. The first-order valence-electron chi connectivity index (χ1n) is 6.10. The third-order valence-electron chi connectivity index (χ3n) is 2.47. The minimum Gasteiger partial charge on any atom is -0.391 e. The molecule has 0 saturated heterocycles. The van der Waals surface area contributed by atoms with Crippen LogP contribution in [0, 0.1) is 0 Å². The lowest BCUT2D eigenvalue weighted by Gasteiger charge is -2.26. The van der Waals surface area contributed by atoms with E-state index < -0.39 is 9.52 Å².